The number of aliphatic hydroxyl groups is 1. The van der Waals surface area contributed by atoms with Gasteiger partial charge in [0.25, 0.3) is 5.91 Å². The zero-order valence-electron chi connectivity index (χ0n) is 20.4. The maximum Gasteiger partial charge on any atom is 0.290 e. The molecule has 1 aromatic carbocycles. The van der Waals surface area contributed by atoms with Gasteiger partial charge >= 0.3 is 0 Å². The third kappa shape index (κ3) is 5.76. The first-order valence-electron chi connectivity index (χ1n) is 12.6. The van der Waals surface area contributed by atoms with E-state index in [-0.39, 0.29) is 24.0 Å². The van der Waals surface area contributed by atoms with Crippen molar-refractivity contribution in [3.8, 4) is 0 Å². The third-order valence-corrected chi connectivity index (χ3v) is 7.04. The Balaban J connectivity index is 1.59. The van der Waals surface area contributed by atoms with Crippen LogP contribution in [-0.2, 0) is 11.3 Å². The van der Waals surface area contributed by atoms with E-state index in [4.69, 9.17) is 9.72 Å². The van der Waals surface area contributed by atoms with Crippen molar-refractivity contribution in [1.29, 1.82) is 0 Å². The number of nitrogens with zero attached hydrogens (tertiary/aromatic N) is 3. The van der Waals surface area contributed by atoms with Crippen molar-refractivity contribution in [1.82, 2.24) is 19.8 Å². The molecule has 2 aliphatic rings. The Labute approximate surface area is 197 Å². The third-order valence-electron chi connectivity index (χ3n) is 7.04. The summed E-state index contributed by atoms with van der Waals surface area (Å²) >= 11 is 0. The van der Waals surface area contributed by atoms with Gasteiger partial charge in [0.1, 0.15) is 0 Å². The highest BCUT2D eigenvalue weighted by atomic mass is 16.5. The van der Waals surface area contributed by atoms with Gasteiger partial charge in [-0.05, 0) is 62.0 Å². The van der Waals surface area contributed by atoms with Crippen molar-refractivity contribution in [3.63, 3.8) is 0 Å². The van der Waals surface area contributed by atoms with E-state index in [9.17, 15) is 9.90 Å². The average Bonchev–Trinajstić information content (AvgIpc) is 3.61. The van der Waals surface area contributed by atoms with Crippen LogP contribution in [-0.4, -0.2) is 71.0 Å². The number of unbranched alkanes of at least 4 members (excludes halogenated alkanes) is 1. The molecule has 1 unspecified atom stereocenters. The molecule has 1 aliphatic heterocycles. The van der Waals surface area contributed by atoms with Crippen LogP contribution in [0.4, 0.5) is 0 Å². The van der Waals surface area contributed by atoms with E-state index in [1.54, 1.807) is 7.11 Å². The molecule has 0 spiro atoms. The molecule has 33 heavy (non-hydrogen) atoms. The normalized spacial score (nSPS) is 22.1. The fourth-order valence-electron chi connectivity index (χ4n) is 5.17. The molecule has 1 amide bonds. The van der Waals surface area contributed by atoms with E-state index in [0.717, 1.165) is 62.8 Å². The number of amides is 1. The molecule has 1 aromatic heterocycles. The van der Waals surface area contributed by atoms with Crippen LogP contribution < -0.4 is 5.32 Å². The lowest BCUT2D eigenvalue weighted by Crippen LogP contribution is -2.54. The van der Waals surface area contributed by atoms with E-state index in [1.807, 2.05) is 29.2 Å². The summed E-state index contributed by atoms with van der Waals surface area (Å²) in [5.41, 5.74) is 1.87. The summed E-state index contributed by atoms with van der Waals surface area (Å²) in [4.78, 5) is 20.8. The number of ether oxygens (including phenoxy) is 1. The predicted octanol–water partition coefficient (Wildman–Crippen LogP) is 3.31. The minimum atomic E-state index is -0.262. The van der Waals surface area contributed by atoms with Crippen molar-refractivity contribution in [2.24, 2.45) is 17.8 Å². The fourth-order valence-corrected chi connectivity index (χ4v) is 5.17. The highest BCUT2D eigenvalue weighted by Gasteiger charge is 2.40. The number of nitrogens with one attached hydrogen (secondary N) is 1. The molecule has 0 bridgehead atoms. The predicted molar refractivity (Wildman–Crippen MR) is 130 cm³/mol. The summed E-state index contributed by atoms with van der Waals surface area (Å²) in [7, 11) is 1.72. The summed E-state index contributed by atoms with van der Waals surface area (Å²) in [6.45, 7) is 8.04. The molecular weight excluding hydrogens is 416 g/mol. The molecule has 1 saturated carbocycles. The highest BCUT2D eigenvalue weighted by molar-refractivity contribution is 5.95. The second-order valence-corrected chi connectivity index (χ2v) is 10.3. The van der Waals surface area contributed by atoms with Crippen LogP contribution in [0.15, 0.2) is 24.3 Å². The first-order chi connectivity index (χ1) is 16.0. The Morgan fingerprint density at radius 2 is 2.03 bits per heavy atom. The first-order valence-corrected chi connectivity index (χ1v) is 12.6. The number of piperidine rings is 1. The van der Waals surface area contributed by atoms with Crippen molar-refractivity contribution in [2.45, 2.75) is 64.6 Å². The Bertz CT molecular complexity index is 923. The Morgan fingerprint density at radius 1 is 1.24 bits per heavy atom. The Hall–Kier alpha value is -1.96. The van der Waals surface area contributed by atoms with Gasteiger partial charge in [-0.1, -0.05) is 26.0 Å². The zero-order chi connectivity index (χ0) is 23.4. The van der Waals surface area contributed by atoms with Gasteiger partial charge in [-0.25, -0.2) is 4.98 Å². The van der Waals surface area contributed by atoms with Crippen LogP contribution in [0.25, 0.3) is 11.0 Å². The molecule has 4 rings (SSSR count). The number of aryl methyl sites for hydroxylation is 1. The molecule has 2 fully saturated rings. The molecule has 7 heteroatoms. The minimum absolute atomic E-state index is 0.00000302. The molecule has 7 nitrogen and oxygen atoms in total. The number of carbonyl (C=O) groups is 1. The van der Waals surface area contributed by atoms with Crippen molar-refractivity contribution < 1.29 is 14.6 Å². The molecule has 1 aliphatic carbocycles. The maximum absolute atomic E-state index is 14.0. The van der Waals surface area contributed by atoms with Gasteiger partial charge in [0.05, 0.1) is 17.1 Å². The number of aliphatic hydroxyl groups excluding tert-OH is 1. The number of methoxy groups -OCH3 is 1. The van der Waals surface area contributed by atoms with Crippen molar-refractivity contribution in [3.05, 3.63) is 30.1 Å². The number of carbonyl (C=O) groups excluding carboxylic acids is 1. The van der Waals surface area contributed by atoms with Crippen LogP contribution in [0.5, 0.6) is 0 Å². The molecule has 182 valence electrons. The molecule has 1 saturated heterocycles. The van der Waals surface area contributed by atoms with Crippen LogP contribution in [0.3, 0.4) is 0 Å². The van der Waals surface area contributed by atoms with Gasteiger partial charge in [0.15, 0.2) is 5.82 Å². The number of rotatable bonds is 11. The van der Waals surface area contributed by atoms with E-state index in [0.29, 0.717) is 30.8 Å². The number of imidazole rings is 1. The van der Waals surface area contributed by atoms with E-state index in [2.05, 4.69) is 23.7 Å². The second kappa shape index (κ2) is 11.0. The zero-order valence-corrected chi connectivity index (χ0v) is 20.4. The number of aromatic nitrogens is 2. The molecular formula is C26H40N4O3. The Kier molecular flexibility index (Phi) is 8.04. The van der Waals surface area contributed by atoms with Crippen LogP contribution in [0.1, 0.15) is 56.6 Å². The van der Waals surface area contributed by atoms with Gasteiger partial charge in [-0.2, -0.15) is 0 Å². The lowest BCUT2D eigenvalue weighted by molar-refractivity contribution is 0.0324. The summed E-state index contributed by atoms with van der Waals surface area (Å²) in [6.07, 6.45) is 4.71. The number of para-hydroxylation sites is 2. The number of hydrogen-bond acceptors (Lipinski definition) is 5. The van der Waals surface area contributed by atoms with Crippen LogP contribution >= 0.6 is 0 Å². The van der Waals surface area contributed by atoms with Gasteiger partial charge in [0, 0.05) is 45.9 Å². The van der Waals surface area contributed by atoms with E-state index >= 15 is 0 Å². The quantitative estimate of drug-likeness (QED) is 0.507. The van der Waals surface area contributed by atoms with Gasteiger partial charge < -0.3 is 24.6 Å². The van der Waals surface area contributed by atoms with E-state index in [1.165, 1.54) is 0 Å². The monoisotopic (exact) mass is 456 g/mol. The van der Waals surface area contributed by atoms with Crippen LogP contribution in [0.2, 0.25) is 0 Å². The SMILES string of the molecule is COCCCCn1c(C(=O)N(CC(C)C)[C@@H]2CNC[C@H](C(O)C3CC3)C2)nc2ccccc21. The van der Waals surface area contributed by atoms with Gasteiger partial charge in [-0.3, -0.25) is 4.79 Å². The van der Waals surface area contributed by atoms with Crippen molar-refractivity contribution >= 4 is 16.9 Å². The van der Waals surface area contributed by atoms with Gasteiger partial charge in [-0.15, -0.1) is 0 Å². The smallest absolute Gasteiger partial charge is 0.290 e. The largest absolute Gasteiger partial charge is 0.393 e. The lowest BCUT2D eigenvalue weighted by atomic mass is 9.87. The van der Waals surface area contributed by atoms with Crippen molar-refractivity contribution in [2.75, 3.05) is 33.4 Å². The number of hydrogen-bond donors (Lipinski definition) is 2. The number of fused-ring (bicyclic) bond motifs is 1. The second-order valence-electron chi connectivity index (χ2n) is 10.3. The lowest BCUT2D eigenvalue weighted by Gasteiger charge is -2.40. The highest BCUT2D eigenvalue weighted by Crippen LogP contribution is 2.38. The summed E-state index contributed by atoms with van der Waals surface area (Å²) < 4.78 is 7.30. The summed E-state index contributed by atoms with van der Waals surface area (Å²) in [6, 6.07) is 8.07. The topological polar surface area (TPSA) is 79.6 Å². The molecule has 3 atom stereocenters. The molecule has 2 aromatic rings. The summed E-state index contributed by atoms with van der Waals surface area (Å²) in [5.74, 6) is 1.52. The van der Waals surface area contributed by atoms with Gasteiger partial charge in [0.2, 0.25) is 0 Å². The Morgan fingerprint density at radius 3 is 2.76 bits per heavy atom. The molecule has 0 radical (unpaired) electrons. The standard InChI is InChI=1S/C26H40N4O3/c1-18(2)17-30(21-14-20(15-27-16-21)24(31)19-10-11-19)26(32)25-28-22-8-4-5-9-23(22)29(25)12-6-7-13-33-3/h4-5,8-9,18-21,24,27,31H,6-7,10-17H2,1-3H3/t20-,21+,24?/m1/s1. The summed E-state index contributed by atoms with van der Waals surface area (Å²) in [5, 5.41) is 14.3. The molecule has 2 N–H and O–H groups in total. The molecule has 2 heterocycles. The maximum atomic E-state index is 14.0. The minimum Gasteiger partial charge on any atom is -0.393 e. The van der Waals surface area contributed by atoms with Crippen LogP contribution in [0, 0.1) is 17.8 Å². The average molecular weight is 457 g/mol. The van der Waals surface area contributed by atoms with E-state index < -0.39 is 0 Å². The fraction of sp³-hybridized carbons (Fsp3) is 0.692. The number of benzene rings is 1. The first kappa shape index (κ1) is 24.2.